The largest absolute Gasteiger partial charge is 0.204 e. The van der Waals surface area contributed by atoms with Gasteiger partial charge < -0.3 is 0 Å². The number of benzene rings is 2. The van der Waals surface area contributed by atoms with Crippen LogP contribution in [-0.2, 0) is 0 Å². The molecular weight excluding hydrogens is 272 g/mol. The van der Waals surface area contributed by atoms with Crippen molar-refractivity contribution in [2.75, 3.05) is 0 Å². The highest BCUT2D eigenvalue weighted by atomic mass is 35.5. The Bertz CT molecular complexity index is 559. The van der Waals surface area contributed by atoms with Gasteiger partial charge in [-0.1, -0.05) is 35.3 Å². The molecule has 88 valence electrons. The first-order valence-corrected chi connectivity index (χ1v) is 5.35. The van der Waals surface area contributed by atoms with Crippen LogP contribution in [0.1, 0.15) is 0 Å². The Labute approximate surface area is 106 Å². The van der Waals surface area contributed by atoms with E-state index in [2.05, 4.69) is 0 Å². The van der Waals surface area contributed by atoms with Crippen molar-refractivity contribution < 1.29 is 13.2 Å². The Balaban J connectivity index is 2.65. The van der Waals surface area contributed by atoms with E-state index in [1.807, 2.05) is 0 Å². The van der Waals surface area contributed by atoms with Gasteiger partial charge in [-0.15, -0.1) is 0 Å². The summed E-state index contributed by atoms with van der Waals surface area (Å²) in [6.45, 7) is 0. The van der Waals surface area contributed by atoms with E-state index in [-0.39, 0.29) is 15.6 Å². The van der Waals surface area contributed by atoms with E-state index in [4.69, 9.17) is 23.2 Å². The second kappa shape index (κ2) is 4.59. The molecule has 0 nitrogen and oxygen atoms in total. The number of halogens is 5. The summed E-state index contributed by atoms with van der Waals surface area (Å²) in [6, 6.07) is 6.42. The molecule has 0 atom stereocenters. The molecule has 0 spiro atoms. The highest BCUT2D eigenvalue weighted by Gasteiger charge is 2.14. The van der Waals surface area contributed by atoms with E-state index in [1.165, 1.54) is 0 Å². The van der Waals surface area contributed by atoms with Crippen LogP contribution in [0.4, 0.5) is 13.2 Å². The maximum Gasteiger partial charge on any atom is 0.194 e. The van der Waals surface area contributed by atoms with Gasteiger partial charge in [0.1, 0.15) is 0 Å². The molecule has 0 saturated carbocycles. The molecule has 0 heterocycles. The van der Waals surface area contributed by atoms with E-state index in [0.29, 0.717) is 5.56 Å². The van der Waals surface area contributed by atoms with Gasteiger partial charge in [0.2, 0.25) is 0 Å². The first-order valence-electron chi connectivity index (χ1n) is 4.59. The predicted molar refractivity (Wildman–Crippen MR) is 61.8 cm³/mol. The smallest absolute Gasteiger partial charge is 0.194 e. The highest BCUT2D eigenvalue weighted by Crippen LogP contribution is 2.34. The van der Waals surface area contributed by atoms with Crippen molar-refractivity contribution in [3.05, 3.63) is 57.8 Å². The van der Waals surface area contributed by atoms with Crippen LogP contribution in [0.5, 0.6) is 0 Å². The summed E-state index contributed by atoms with van der Waals surface area (Å²) in [4.78, 5) is 0. The fourth-order valence-corrected chi connectivity index (χ4v) is 1.85. The standard InChI is InChI=1S/C12H5Cl2F3/c13-8-3-1-2-7(11(8)14)6-4-9(15)12(17)10(16)5-6/h1-5H. The van der Waals surface area contributed by atoms with Gasteiger partial charge in [-0.25, -0.2) is 13.2 Å². The third-order valence-electron chi connectivity index (χ3n) is 2.25. The molecule has 2 aromatic rings. The molecule has 0 unspecified atom stereocenters. The zero-order valence-electron chi connectivity index (χ0n) is 8.28. The maximum atomic E-state index is 13.1. The fourth-order valence-electron chi connectivity index (χ4n) is 1.44. The normalized spacial score (nSPS) is 10.6. The topological polar surface area (TPSA) is 0 Å². The summed E-state index contributed by atoms with van der Waals surface area (Å²) >= 11 is 11.7. The molecule has 2 aromatic carbocycles. The average Bonchev–Trinajstić information content (AvgIpc) is 2.29. The summed E-state index contributed by atoms with van der Waals surface area (Å²) in [5, 5.41) is 0.425. The second-order valence-corrected chi connectivity index (χ2v) is 4.14. The molecule has 0 aromatic heterocycles. The van der Waals surface area contributed by atoms with Crippen LogP contribution in [0.2, 0.25) is 10.0 Å². The van der Waals surface area contributed by atoms with Gasteiger partial charge in [-0.2, -0.15) is 0 Å². The average molecular weight is 277 g/mol. The molecule has 0 bridgehead atoms. The lowest BCUT2D eigenvalue weighted by molar-refractivity contribution is 0.448. The van der Waals surface area contributed by atoms with Crippen molar-refractivity contribution in [3.63, 3.8) is 0 Å². The summed E-state index contributed by atoms with van der Waals surface area (Å²) < 4.78 is 38.9. The Morgan fingerprint density at radius 3 is 2.06 bits per heavy atom. The molecule has 0 amide bonds. The maximum absolute atomic E-state index is 13.1. The van der Waals surface area contributed by atoms with Gasteiger partial charge in [0.05, 0.1) is 10.0 Å². The lowest BCUT2D eigenvalue weighted by Gasteiger charge is -2.07. The van der Waals surface area contributed by atoms with Crippen molar-refractivity contribution in [2.45, 2.75) is 0 Å². The number of hydrogen-bond acceptors (Lipinski definition) is 0. The Morgan fingerprint density at radius 1 is 0.882 bits per heavy atom. The minimum Gasteiger partial charge on any atom is -0.204 e. The first-order chi connectivity index (χ1) is 8.00. The van der Waals surface area contributed by atoms with E-state index >= 15 is 0 Å². The number of rotatable bonds is 1. The Kier molecular flexibility index (Phi) is 3.31. The van der Waals surface area contributed by atoms with E-state index in [1.54, 1.807) is 18.2 Å². The monoisotopic (exact) mass is 276 g/mol. The molecule has 0 aliphatic heterocycles. The second-order valence-electron chi connectivity index (χ2n) is 3.36. The van der Waals surface area contributed by atoms with Crippen molar-refractivity contribution >= 4 is 23.2 Å². The van der Waals surface area contributed by atoms with Crippen molar-refractivity contribution in [3.8, 4) is 11.1 Å². The molecule has 0 aliphatic carbocycles. The SMILES string of the molecule is Fc1cc(-c2cccc(Cl)c2Cl)cc(F)c1F. The molecule has 2 rings (SSSR count). The van der Waals surface area contributed by atoms with Gasteiger partial charge in [0, 0.05) is 5.56 Å². The quantitative estimate of drug-likeness (QED) is 0.638. The summed E-state index contributed by atoms with van der Waals surface area (Å²) in [7, 11) is 0. The predicted octanol–water partition coefficient (Wildman–Crippen LogP) is 5.08. The van der Waals surface area contributed by atoms with Crippen molar-refractivity contribution in [1.82, 2.24) is 0 Å². The Morgan fingerprint density at radius 2 is 1.47 bits per heavy atom. The first kappa shape index (κ1) is 12.3. The third kappa shape index (κ3) is 2.26. The van der Waals surface area contributed by atoms with Crippen LogP contribution in [0.15, 0.2) is 30.3 Å². The highest BCUT2D eigenvalue weighted by molar-refractivity contribution is 6.43. The molecule has 5 heteroatoms. The van der Waals surface area contributed by atoms with E-state index in [0.717, 1.165) is 12.1 Å². The minimum absolute atomic E-state index is 0.133. The summed E-state index contributed by atoms with van der Waals surface area (Å²) in [5.41, 5.74) is 0.478. The third-order valence-corrected chi connectivity index (χ3v) is 3.07. The molecule has 0 aliphatic rings. The fraction of sp³-hybridized carbons (Fsp3) is 0. The van der Waals surface area contributed by atoms with Crippen LogP contribution in [0, 0.1) is 17.5 Å². The zero-order chi connectivity index (χ0) is 12.6. The van der Waals surface area contributed by atoms with E-state index in [9.17, 15) is 13.2 Å². The zero-order valence-corrected chi connectivity index (χ0v) is 9.79. The van der Waals surface area contributed by atoms with Crippen LogP contribution in [0.25, 0.3) is 11.1 Å². The van der Waals surface area contributed by atoms with Crippen LogP contribution < -0.4 is 0 Å². The molecule has 0 N–H and O–H groups in total. The molecule has 0 radical (unpaired) electrons. The van der Waals surface area contributed by atoms with Gasteiger partial charge >= 0.3 is 0 Å². The van der Waals surface area contributed by atoms with Crippen LogP contribution in [0.3, 0.4) is 0 Å². The van der Waals surface area contributed by atoms with Gasteiger partial charge in [0.25, 0.3) is 0 Å². The van der Waals surface area contributed by atoms with E-state index < -0.39 is 17.5 Å². The van der Waals surface area contributed by atoms with Gasteiger partial charge in [-0.05, 0) is 23.8 Å². The van der Waals surface area contributed by atoms with Gasteiger partial charge in [0.15, 0.2) is 17.5 Å². The van der Waals surface area contributed by atoms with Crippen LogP contribution in [-0.4, -0.2) is 0 Å². The van der Waals surface area contributed by atoms with Crippen molar-refractivity contribution in [1.29, 1.82) is 0 Å². The minimum atomic E-state index is -1.51. The molecule has 0 fully saturated rings. The lowest BCUT2D eigenvalue weighted by atomic mass is 10.1. The van der Waals surface area contributed by atoms with Crippen LogP contribution >= 0.6 is 23.2 Å². The van der Waals surface area contributed by atoms with Gasteiger partial charge in [-0.3, -0.25) is 0 Å². The van der Waals surface area contributed by atoms with Crippen molar-refractivity contribution in [2.24, 2.45) is 0 Å². The molecule has 17 heavy (non-hydrogen) atoms. The summed E-state index contributed by atoms with van der Waals surface area (Å²) in [6.07, 6.45) is 0. The lowest BCUT2D eigenvalue weighted by Crippen LogP contribution is -1.92. The molecule has 0 saturated heterocycles. The summed E-state index contributed by atoms with van der Waals surface area (Å²) in [5.74, 6) is -4.04. The molecular formula is C12H5Cl2F3. The Hall–Kier alpha value is -1.19. The number of hydrogen-bond donors (Lipinski definition) is 0.